The van der Waals surface area contributed by atoms with Crippen LogP contribution in [-0.4, -0.2) is 41.2 Å². The molecule has 1 aromatic carbocycles. The monoisotopic (exact) mass is 363 g/mol. The minimum atomic E-state index is -4.50. The number of nitrogens with one attached hydrogen (secondary N) is 1. The highest BCUT2D eigenvalue weighted by Gasteiger charge is 2.39. The smallest absolute Gasteiger partial charge is 0.232 e. The van der Waals surface area contributed by atoms with Gasteiger partial charge in [-0.3, -0.25) is 0 Å². The first kappa shape index (κ1) is 17.4. The van der Waals surface area contributed by atoms with Gasteiger partial charge in [-0.15, -0.1) is 5.12 Å². The minimum Gasteiger partial charge on any atom is -0.232 e. The van der Waals surface area contributed by atoms with E-state index in [1.807, 2.05) is 0 Å². The number of allylic oxidation sites excluding steroid dienone is 1. The summed E-state index contributed by atoms with van der Waals surface area (Å²) in [6.07, 6.45) is -2.23. The Bertz CT molecular complexity index is 761. The Morgan fingerprint density at radius 1 is 1.16 bits per heavy atom. The van der Waals surface area contributed by atoms with E-state index in [0.29, 0.717) is 12.1 Å². The van der Waals surface area contributed by atoms with Gasteiger partial charge in [0.2, 0.25) is 5.96 Å². The van der Waals surface area contributed by atoms with Crippen LogP contribution in [0.3, 0.4) is 0 Å². The van der Waals surface area contributed by atoms with Gasteiger partial charge < -0.3 is 0 Å². The number of fused-ring (bicyclic) bond motifs is 1. The summed E-state index contributed by atoms with van der Waals surface area (Å²) in [5.74, 6) is -3.35. The molecule has 1 atom stereocenters. The first-order chi connectivity index (χ1) is 11.7. The van der Waals surface area contributed by atoms with Crippen molar-refractivity contribution in [1.82, 2.24) is 15.6 Å². The van der Waals surface area contributed by atoms with Crippen molar-refractivity contribution in [2.24, 2.45) is 9.98 Å². The number of nitrogens with zero attached hydrogens (tertiary/aromatic N) is 4. The minimum absolute atomic E-state index is 0.0496. The van der Waals surface area contributed by atoms with E-state index >= 15 is 0 Å². The number of benzene rings is 1. The van der Waals surface area contributed by atoms with Crippen LogP contribution in [0.15, 0.2) is 28.3 Å². The van der Waals surface area contributed by atoms with Crippen molar-refractivity contribution in [3.63, 3.8) is 0 Å². The molecule has 0 amide bonds. The van der Waals surface area contributed by atoms with Crippen LogP contribution in [0.4, 0.5) is 26.3 Å². The molecule has 134 valence electrons. The van der Waals surface area contributed by atoms with E-state index in [1.54, 1.807) is 0 Å². The maximum atomic E-state index is 13.9. The van der Waals surface area contributed by atoms with Gasteiger partial charge in [0.15, 0.2) is 0 Å². The highest BCUT2D eigenvalue weighted by Crippen LogP contribution is 2.27. The number of hydrogen-bond donors (Lipinski definition) is 1. The molecule has 0 spiro atoms. The lowest BCUT2D eigenvalue weighted by Crippen LogP contribution is -2.54. The molecule has 0 saturated heterocycles. The third-order valence-electron chi connectivity index (χ3n) is 3.52. The Labute approximate surface area is 137 Å². The quantitative estimate of drug-likeness (QED) is 0.840. The van der Waals surface area contributed by atoms with Crippen LogP contribution in [0, 0.1) is 17.5 Å². The highest BCUT2D eigenvalue weighted by molar-refractivity contribution is 6.16. The maximum Gasteiger partial charge on any atom is 0.404 e. The van der Waals surface area contributed by atoms with Crippen LogP contribution in [0.5, 0.6) is 0 Å². The summed E-state index contributed by atoms with van der Waals surface area (Å²) in [7, 11) is 0. The zero-order valence-corrected chi connectivity index (χ0v) is 12.7. The van der Waals surface area contributed by atoms with Crippen molar-refractivity contribution in [3.05, 3.63) is 41.3 Å². The second kappa shape index (κ2) is 6.15. The molecule has 0 bridgehead atoms. The molecule has 0 saturated carbocycles. The summed E-state index contributed by atoms with van der Waals surface area (Å²) in [4.78, 5) is 7.78. The molecule has 2 aliphatic heterocycles. The summed E-state index contributed by atoms with van der Waals surface area (Å²) in [6, 6.07) is -0.880. The van der Waals surface area contributed by atoms with Gasteiger partial charge in [-0.2, -0.15) is 13.2 Å². The normalized spacial score (nSPS) is 18.9. The molecule has 5 nitrogen and oxygen atoms in total. The second-order valence-electron chi connectivity index (χ2n) is 5.32. The van der Waals surface area contributed by atoms with E-state index in [0.717, 1.165) is 29.5 Å². The Balaban J connectivity index is 1.89. The van der Waals surface area contributed by atoms with E-state index < -0.39 is 35.2 Å². The maximum absolute atomic E-state index is 13.9. The number of halogens is 6. The predicted molar refractivity (Wildman–Crippen MR) is 77.4 cm³/mol. The van der Waals surface area contributed by atoms with E-state index in [-0.39, 0.29) is 18.2 Å². The lowest BCUT2D eigenvalue weighted by molar-refractivity contribution is -0.171. The van der Waals surface area contributed by atoms with Gasteiger partial charge in [0, 0.05) is 30.1 Å². The zero-order valence-electron chi connectivity index (χ0n) is 12.7. The summed E-state index contributed by atoms with van der Waals surface area (Å²) < 4.78 is 78.9. The summed E-state index contributed by atoms with van der Waals surface area (Å²) in [5, 5.41) is 2.10. The Kier molecular flexibility index (Phi) is 4.29. The van der Waals surface area contributed by atoms with Gasteiger partial charge in [-0.05, 0) is 6.92 Å². The molecule has 0 fully saturated rings. The molecule has 11 heteroatoms. The number of alkyl halides is 3. The topological polar surface area (TPSA) is 43.2 Å². The molecule has 0 aliphatic carbocycles. The zero-order chi connectivity index (χ0) is 18.4. The summed E-state index contributed by atoms with van der Waals surface area (Å²) in [5.41, 5.74) is 1.56. The van der Waals surface area contributed by atoms with Crippen LogP contribution in [0.1, 0.15) is 12.5 Å². The van der Waals surface area contributed by atoms with Crippen molar-refractivity contribution < 1.29 is 26.3 Å². The molecule has 2 heterocycles. The third kappa shape index (κ3) is 3.37. The van der Waals surface area contributed by atoms with Crippen molar-refractivity contribution in [3.8, 4) is 0 Å². The fourth-order valence-electron chi connectivity index (χ4n) is 2.25. The van der Waals surface area contributed by atoms with Crippen molar-refractivity contribution in [2.45, 2.75) is 19.1 Å². The fourth-order valence-corrected chi connectivity index (χ4v) is 2.25. The molecule has 1 N–H and O–H groups in total. The molecule has 1 aromatic rings. The lowest BCUT2D eigenvalue weighted by atomic mass is 10.1. The number of aliphatic imine (C=N–C) groups is 2. The lowest BCUT2D eigenvalue weighted by Gasteiger charge is -2.31. The average molecular weight is 363 g/mol. The van der Waals surface area contributed by atoms with Gasteiger partial charge in [-0.25, -0.2) is 33.6 Å². The number of rotatable bonds is 3. The van der Waals surface area contributed by atoms with Crippen LogP contribution >= 0.6 is 0 Å². The van der Waals surface area contributed by atoms with E-state index in [1.165, 1.54) is 0 Å². The van der Waals surface area contributed by atoms with Gasteiger partial charge in [0.05, 0.1) is 5.56 Å². The van der Waals surface area contributed by atoms with Gasteiger partial charge in [0.25, 0.3) is 0 Å². The number of hydrazine groups is 2. The Morgan fingerprint density at radius 3 is 2.40 bits per heavy atom. The molecular formula is C14H11F6N5. The third-order valence-corrected chi connectivity index (χ3v) is 3.52. The van der Waals surface area contributed by atoms with Gasteiger partial charge in [0.1, 0.15) is 30.2 Å². The molecule has 25 heavy (non-hydrogen) atoms. The van der Waals surface area contributed by atoms with E-state index in [4.69, 9.17) is 0 Å². The van der Waals surface area contributed by atoms with Crippen LogP contribution < -0.4 is 5.43 Å². The summed E-state index contributed by atoms with van der Waals surface area (Å²) in [6.45, 7) is 0.737. The SMILES string of the molecule is CC(NN1CN=C2N=CC(c3c(F)cc(F)cc3F)=CN21)C(F)(F)F. The standard InChI is InChI=1S/C14H11F6N5/c1-7(14(18,19)20)23-25-6-22-13-21-4-8(5-24(13)25)12-10(16)2-9(15)3-11(12)17/h2-5,7,23H,6H2,1H3. The van der Waals surface area contributed by atoms with Crippen LogP contribution in [0.2, 0.25) is 0 Å². The first-order valence-electron chi connectivity index (χ1n) is 7.01. The molecule has 2 aliphatic rings. The molecule has 3 rings (SSSR count). The average Bonchev–Trinajstić information content (AvgIpc) is 2.88. The van der Waals surface area contributed by atoms with Crippen LogP contribution in [-0.2, 0) is 0 Å². The van der Waals surface area contributed by atoms with Gasteiger partial charge in [-0.1, -0.05) is 0 Å². The highest BCUT2D eigenvalue weighted by atomic mass is 19.4. The van der Waals surface area contributed by atoms with Crippen molar-refractivity contribution in [2.75, 3.05) is 6.67 Å². The number of guanidine groups is 1. The van der Waals surface area contributed by atoms with Crippen molar-refractivity contribution in [1.29, 1.82) is 0 Å². The summed E-state index contributed by atoms with van der Waals surface area (Å²) >= 11 is 0. The van der Waals surface area contributed by atoms with Gasteiger partial charge >= 0.3 is 6.18 Å². The molecule has 0 radical (unpaired) electrons. The molecule has 1 unspecified atom stereocenters. The first-order valence-corrected chi connectivity index (χ1v) is 7.01. The molecular weight excluding hydrogens is 352 g/mol. The largest absolute Gasteiger partial charge is 0.404 e. The van der Waals surface area contributed by atoms with E-state index in [2.05, 4.69) is 15.4 Å². The molecule has 0 aromatic heterocycles. The second-order valence-corrected chi connectivity index (χ2v) is 5.32. The van der Waals surface area contributed by atoms with E-state index in [9.17, 15) is 26.3 Å². The Hall–Kier alpha value is -2.40. The number of hydrogen-bond acceptors (Lipinski definition) is 5. The Morgan fingerprint density at radius 2 is 1.80 bits per heavy atom. The predicted octanol–water partition coefficient (Wildman–Crippen LogP) is 2.83. The van der Waals surface area contributed by atoms with Crippen LogP contribution in [0.25, 0.3) is 5.57 Å². The fraction of sp³-hybridized carbons (Fsp3) is 0.286. The van der Waals surface area contributed by atoms with Crippen molar-refractivity contribution >= 4 is 17.7 Å².